The molecule has 0 radical (unpaired) electrons. The number of thiocarbonyl (C=S) groups is 1. The number of amides is 1. The molecule has 0 aromatic heterocycles. The summed E-state index contributed by atoms with van der Waals surface area (Å²) in [5.41, 5.74) is 5.87. The molecule has 0 saturated carbocycles. The number of ether oxygens (including phenoxy) is 1. The predicted octanol–water partition coefficient (Wildman–Crippen LogP) is 1.67. The Morgan fingerprint density at radius 1 is 1.68 bits per heavy atom. The molecule has 1 aromatic carbocycles. The number of rotatable bonds is 3. The van der Waals surface area contributed by atoms with Gasteiger partial charge in [0.05, 0.1) is 29.5 Å². The van der Waals surface area contributed by atoms with Crippen molar-refractivity contribution < 1.29 is 13.9 Å². The molecule has 0 bridgehead atoms. The van der Waals surface area contributed by atoms with Crippen LogP contribution in [0.1, 0.15) is 6.92 Å². The highest BCUT2D eigenvalue weighted by Crippen LogP contribution is 2.24. The number of benzene rings is 1. The molecule has 1 saturated heterocycles. The fourth-order valence-electron chi connectivity index (χ4n) is 1.78. The van der Waals surface area contributed by atoms with Crippen LogP contribution in [0.4, 0.5) is 20.6 Å². The standard InChI is InChI=1S/C12H14FN3O2S/c1-7(19)15-5-9-6-16(12(17)18-9)8-2-3-11(14)10(13)4-8/h2-4,9H,5-6,14H2,1H3,(H,15,19)/t9-/m0/s1. The van der Waals surface area contributed by atoms with Crippen LogP contribution in [0.3, 0.4) is 0 Å². The van der Waals surface area contributed by atoms with E-state index < -0.39 is 11.9 Å². The lowest BCUT2D eigenvalue weighted by Crippen LogP contribution is -2.32. The van der Waals surface area contributed by atoms with E-state index in [0.29, 0.717) is 23.8 Å². The molecule has 1 heterocycles. The number of nitrogens with two attached hydrogens (primary N) is 1. The number of carbonyl (C=O) groups is 1. The van der Waals surface area contributed by atoms with Crippen LogP contribution in [-0.4, -0.2) is 30.3 Å². The fourth-order valence-corrected chi connectivity index (χ4v) is 1.86. The first-order chi connectivity index (χ1) is 8.97. The quantitative estimate of drug-likeness (QED) is 0.652. The van der Waals surface area contributed by atoms with Crippen molar-refractivity contribution in [3.05, 3.63) is 24.0 Å². The molecular formula is C12H14FN3O2S. The molecule has 1 amide bonds. The van der Waals surface area contributed by atoms with E-state index in [1.54, 1.807) is 13.0 Å². The summed E-state index contributed by atoms with van der Waals surface area (Å²) in [5, 5.41) is 2.93. The Kier molecular flexibility index (Phi) is 3.84. The third kappa shape index (κ3) is 3.11. The average Bonchev–Trinajstić information content (AvgIpc) is 2.72. The monoisotopic (exact) mass is 283 g/mol. The smallest absolute Gasteiger partial charge is 0.414 e. The molecule has 5 nitrogen and oxygen atoms in total. The highest BCUT2D eigenvalue weighted by Gasteiger charge is 2.32. The van der Waals surface area contributed by atoms with E-state index in [4.69, 9.17) is 22.7 Å². The van der Waals surface area contributed by atoms with Crippen LogP contribution in [0.2, 0.25) is 0 Å². The van der Waals surface area contributed by atoms with E-state index in [1.165, 1.54) is 17.0 Å². The summed E-state index contributed by atoms with van der Waals surface area (Å²) in [7, 11) is 0. The number of nitrogens with one attached hydrogen (secondary N) is 1. The van der Waals surface area contributed by atoms with E-state index in [2.05, 4.69) is 5.32 Å². The molecule has 19 heavy (non-hydrogen) atoms. The van der Waals surface area contributed by atoms with Crippen molar-refractivity contribution >= 4 is 34.7 Å². The van der Waals surface area contributed by atoms with Gasteiger partial charge in [-0.15, -0.1) is 0 Å². The molecule has 1 fully saturated rings. The normalized spacial score (nSPS) is 18.3. The first-order valence-electron chi connectivity index (χ1n) is 5.75. The van der Waals surface area contributed by atoms with E-state index in [0.717, 1.165) is 0 Å². The Morgan fingerprint density at radius 2 is 2.42 bits per heavy atom. The average molecular weight is 283 g/mol. The molecule has 2 rings (SSSR count). The van der Waals surface area contributed by atoms with Crippen LogP contribution in [0.15, 0.2) is 18.2 Å². The molecule has 7 heteroatoms. The van der Waals surface area contributed by atoms with Crippen LogP contribution in [0, 0.1) is 5.82 Å². The van der Waals surface area contributed by atoms with Gasteiger partial charge in [0.15, 0.2) is 0 Å². The molecule has 1 aromatic rings. The zero-order valence-electron chi connectivity index (χ0n) is 10.4. The number of carbonyl (C=O) groups excluding carboxylic acids is 1. The molecule has 1 atom stereocenters. The minimum Gasteiger partial charge on any atom is -0.442 e. The number of cyclic esters (lactones) is 1. The highest BCUT2D eigenvalue weighted by molar-refractivity contribution is 7.80. The third-order valence-corrected chi connectivity index (χ3v) is 2.89. The Morgan fingerprint density at radius 3 is 3.05 bits per heavy atom. The van der Waals surface area contributed by atoms with Gasteiger partial charge in [0.2, 0.25) is 0 Å². The number of nitrogens with zero attached hydrogens (tertiary/aromatic N) is 1. The van der Waals surface area contributed by atoms with Crippen molar-refractivity contribution in [1.82, 2.24) is 5.32 Å². The van der Waals surface area contributed by atoms with Crippen LogP contribution < -0.4 is 16.0 Å². The van der Waals surface area contributed by atoms with Gasteiger partial charge in [-0.25, -0.2) is 9.18 Å². The molecule has 0 unspecified atom stereocenters. The molecule has 102 valence electrons. The van der Waals surface area contributed by atoms with Gasteiger partial charge >= 0.3 is 6.09 Å². The predicted molar refractivity (Wildman–Crippen MR) is 74.7 cm³/mol. The van der Waals surface area contributed by atoms with Gasteiger partial charge in [-0.1, -0.05) is 12.2 Å². The van der Waals surface area contributed by atoms with Crippen molar-refractivity contribution in [3.8, 4) is 0 Å². The molecule has 1 aliphatic heterocycles. The topological polar surface area (TPSA) is 67.6 Å². The largest absolute Gasteiger partial charge is 0.442 e. The molecular weight excluding hydrogens is 269 g/mol. The third-order valence-electron chi connectivity index (χ3n) is 2.75. The number of anilines is 2. The van der Waals surface area contributed by atoms with E-state index in [1.807, 2.05) is 0 Å². The van der Waals surface area contributed by atoms with Gasteiger partial charge in [-0.05, 0) is 25.1 Å². The summed E-state index contributed by atoms with van der Waals surface area (Å²) >= 11 is 4.89. The molecule has 1 aliphatic rings. The lowest BCUT2D eigenvalue weighted by molar-refractivity contribution is 0.143. The molecule has 0 aliphatic carbocycles. The van der Waals surface area contributed by atoms with Crippen molar-refractivity contribution in [2.75, 3.05) is 23.7 Å². The highest BCUT2D eigenvalue weighted by atomic mass is 32.1. The van der Waals surface area contributed by atoms with Gasteiger partial charge in [0.25, 0.3) is 0 Å². The minimum absolute atomic E-state index is 0.0471. The molecule has 3 N–H and O–H groups in total. The number of hydrogen-bond acceptors (Lipinski definition) is 4. The Bertz CT molecular complexity index is 524. The number of hydrogen-bond donors (Lipinski definition) is 2. The van der Waals surface area contributed by atoms with Gasteiger partial charge < -0.3 is 15.8 Å². The summed E-state index contributed by atoms with van der Waals surface area (Å²) in [6, 6.07) is 4.22. The Hall–Kier alpha value is -1.89. The van der Waals surface area contributed by atoms with E-state index >= 15 is 0 Å². The SMILES string of the molecule is CC(=S)NC[C@H]1CN(c2ccc(N)c(F)c2)C(=O)O1. The van der Waals surface area contributed by atoms with Crippen molar-refractivity contribution in [3.63, 3.8) is 0 Å². The van der Waals surface area contributed by atoms with Gasteiger partial charge in [-0.2, -0.15) is 0 Å². The summed E-state index contributed by atoms with van der Waals surface area (Å²) in [6.07, 6.45) is -0.816. The fraction of sp³-hybridized carbons (Fsp3) is 0.333. The summed E-state index contributed by atoms with van der Waals surface area (Å²) in [5.74, 6) is -0.554. The second kappa shape index (κ2) is 5.40. The summed E-state index contributed by atoms with van der Waals surface area (Å²) in [4.78, 5) is 13.7. The maximum Gasteiger partial charge on any atom is 0.414 e. The van der Waals surface area contributed by atoms with Gasteiger partial charge in [-0.3, -0.25) is 4.90 Å². The zero-order valence-corrected chi connectivity index (χ0v) is 11.2. The Labute approximate surface area is 115 Å². The summed E-state index contributed by atoms with van der Waals surface area (Å²) < 4.78 is 18.5. The maximum atomic E-state index is 13.4. The number of nitrogen functional groups attached to an aromatic ring is 1. The first-order valence-corrected chi connectivity index (χ1v) is 6.16. The second-order valence-corrected chi connectivity index (χ2v) is 4.87. The van der Waals surface area contributed by atoms with E-state index in [-0.39, 0.29) is 11.8 Å². The van der Waals surface area contributed by atoms with Gasteiger partial charge in [0, 0.05) is 0 Å². The zero-order chi connectivity index (χ0) is 14.0. The van der Waals surface area contributed by atoms with Crippen molar-refractivity contribution in [2.45, 2.75) is 13.0 Å². The van der Waals surface area contributed by atoms with Crippen LogP contribution in [0.25, 0.3) is 0 Å². The van der Waals surface area contributed by atoms with Gasteiger partial charge in [0.1, 0.15) is 11.9 Å². The number of halogens is 1. The van der Waals surface area contributed by atoms with Crippen LogP contribution >= 0.6 is 12.2 Å². The van der Waals surface area contributed by atoms with Crippen molar-refractivity contribution in [1.29, 1.82) is 0 Å². The second-order valence-electron chi connectivity index (χ2n) is 4.26. The minimum atomic E-state index is -0.554. The van der Waals surface area contributed by atoms with Crippen LogP contribution in [0.5, 0.6) is 0 Å². The van der Waals surface area contributed by atoms with Crippen LogP contribution in [-0.2, 0) is 4.74 Å². The summed E-state index contributed by atoms with van der Waals surface area (Å²) in [6.45, 7) is 2.53. The first kappa shape index (κ1) is 13.5. The molecule has 0 spiro atoms. The lowest BCUT2D eigenvalue weighted by Gasteiger charge is -2.13. The Balaban J connectivity index is 2.07. The lowest BCUT2D eigenvalue weighted by atomic mass is 10.2. The van der Waals surface area contributed by atoms with Crippen molar-refractivity contribution in [2.24, 2.45) is 0 Å². The maximum absolute atomic E-state index is 13.4. The van der Waals surface area contributed by atoms with E-state index in [9.17, 15) is 9.18 Å².